The van der Waals surface area contributed by atoms with Gasteiger partial charge in [-0.3, -0.25) is 4.79 Å². The van der Waals surface area contributed by atoms with Gasteiger partial charge in [0.1, 0.15) is 17.4 Å². The maximum absolute atomic E-state index is 12.0. The van der Waals surface area contributed by atoms with Crippen LogP contribution in [0.5, 0.6) is 5.75 Å². The molecule has 1 aliphatic carbocycles. The number of aromatic nitrogens is 1. The highest BCUT2D eigenvalue weighted by atomic mass is 32.1. The zero-order valence-corrected chi connectivity index (χ0v) is 14.4. The summed E-state index contributed by atoms with van der Waals surface area (Å²) in [5, 5.41) is 2.98. The van der Waals surface area contributed by atoms with E-state index < -0.39 is 0 Å². The van der Waals surface area contributed by atoms with Crippen LogP contribution in [0.15, 0.2) is 29.6 Å². The van der Waals surface area contributed by atoms with Gasteiger partial charge in [0, 0.05) is 17.8 Å². The first-order valence-electron chi connectivity index (χ1n) is 8.08. The highest BCUT2D eigenvalue weighted by Gasteiger charge is 2.32. The zero-order chi connectivity index (χ0) is 16.2. The van der Waals surface area contributed by atoms with Crippen molar-refractivity contribution in [3.05, 3.63) is 45.9 Å². The van der Waals surface area contributed by atoms with Crippen molar-refractivity contribution in [1.29, 1.82) is 0 Å². The van der Waals surface area contributed by atoms with Gasteiger partial charge in [-0.2, -0.15) is 0 Å². The smallest absolute Gasteiger partial charge is 0.222 e. The molecule has 0 radical (unpaired) electrons. The lowest BCUT2D eigenvalue weighted by Gasteiger charge is -2.20. The molecule has 0 spiro atoms. The van der Waals surface area contributed by atoms with Crippen LogP contribution in [0.1, 0.15) is 42.5 Å². The van der Waals surface area contributed by atoms with E-state index in [0.29, 0.717) is 25.6 Å². The number of amides is 1. The predicted octanol–water partition coefficient (Wildman–Crippen LogP) is 3.93. The average Bonchev–Trinajstić information content (AvgIpc) is 3.29. The Morgan fingerprint density at radius 1 is 1.43 bits per heavy atom. The summed E-state index contributed by atoms with van der Waals surface area (Å²) in [6.07, 6.45) is 2.81. The molecule has 1 aliphatic rings. The van der Waals surface area contributed by atoms with Crippen molar-refractivity contribution in [2.45, 2.75) is 52.3 Å². The minimum atomic E-state index is 0.220. The summed E-state index contributed by atoms with van der Waals surface area (Å²) in [6, 6.07) is 8.43. The lowest BCUT2D eigenvalue weighted by Crippen LogP contribution is -2.32. The quantitative estimate of drug-likeness (QED) is 0.772. The molecular formula is C18H22N2O2S. The van der Waals surface area contributed by atoms with Gasteiger partial charge < -0.3 is 9.64 Å². The Hall–Kier alpha value is -1.88. The molecule has 5 heteroatoms. The number of hydrogen-bond acceptors (Lipinski definition) is 4. The second kappa shape index (κ2) is 7.13. The third-order valence-corrected chi connectivity index (χ3v) is 4.77. The third kappa shape index (κ3) is 4.32. The van der Waals surface area contributed by atoms with Crippen molar-refractivity contribution in [3.63, 3.8) is 0 Å². The number of hydrogen-bond donors (Lipinski definition) is 0. The molecule has 1 aromatic carbocycles. The number of nitrogens with zero attached hydrogens (tertiary/aromatic N) is 2. The number of benzene rings is 1. The fourth-order valence-electron chi connectivity index (χ4n) is 2.52. The predicted molar refractivity (Wildman–Crippen MR) is 91.5 cm³/mol. The van der Waals surface area contributed by atoms with E-state index in [1.54, 1.807) is 11.3 Å². The van der Waals surface area contributed by atoms with Gasteiger partial charge in [0.15, 0.2) is 0 Å². The molecular weight excluding hydrogens is 308 g/mol. The minimum Gasteiger partial charge on any atom is -0.486 e. The Bertz CT molecular complexity index is 679. The first kappa shape index (κ1) is 16.0. The van der Waals surface area contributed by atoms with Crippen LogP contribution in [0.4, 0.5) is 0 Å². The van der Waals surface area contributed by atoms with Crippen LogP contribution in [0, 0.1) is 6.92 Å². The van der Waals surface area contributed by atoms with E-state index in [1.165, 1.54) is 5.56 Å². The molecule has 0 atom stereocenters. The van der Waals surface area contributed by atoms with Crippen molar-refractivity contribution in [2.75, 3.05) is 0 Å². The van der Waals surface area contributed by atoms with Crippen LogP contribution >= 0.6 is 11.3 Å². The van der Waals surface area contributed by atoms with Gasteiger partial charge >= 0.3 is 0 Å². The summed E-state index contributed by atoms with van der Waals surface area (Å²) in [4.78, 5) is 18.6. The SMILES string of the molecule is CCC(=O)N(Cc1csc(COc2cccc(C)c2)n1)C1CC1. The Morgan fingerprint density at radius 2 is 2.26 bits per heavy atom. The number of rotatable bonds is 7. The monoisotopic (exact) mass is 330 g/mol. The number of carbonyl (C=O) groups is 1. The lowest BCUT2D eigenvalue weighted by molar-refractivity contribution is -0.132. The molecule has 4 nitrogen and oxygen atoms in total. The van der Waals surface area contributed by atoms with Crippen LogP contribution in [0.25, 0.3) is 0 Å². The van der Waals surface area contributed by atoms with Crippen LogP contribution in [0.2, 0.25) is 0 Å². The van der Waals surface area contributed by atoms with E-state index in [-0.39, 0.29) is 5.91 Å². The molecule has 0 aliphatic heterocycles. The van der Waals surface area contributed by atoms with Crippen molar-refractivity contribution < 1.29 is 9.53 Å². The van der Waals surface area contributed by atoms with E-state index >= 15 is 0 Å². The summed E-state index contributed by atoms with van der Waals surface area (Å²) in [6.45, 7) is 5.06. The summed E-state index contributed by atoms with van der Waals surface area (Å²) >= 11 is 1.59. The van der Waals surface area contributed by atoms with E-state index in [2.05, 4.69) is 4.98 Å². The fraction of sp³-hybridized carbons (Fsp3) is 0.444. The number of ether oxygens (including phenoxy) is 1. The zero-order valence-electron chi connectivity index (χ0n) is 13.6. The molecule has 1 aromatic heterocycles. The average molecular weight is 330 g/mol. The number of carbonyl (C=O) groups excluding carboxylic acids is 1. The second-order valence-electron chi connectivity index (χ2n) is 5.94. The molecule has 0 saturated heterocycles. The molecule has 1 saturated carbocycles. The molecule has 3 rings (SSSR count). The van der Waals surface area contributed by atoms with Crippen LogP contribution in [0.3, 0.4) is 0 Å². The van der Waals surface area contributed by atoms with E-state index in [4.69, 9.17) is 4.74 Å². The van der Waals surface area contributed by atoms with Gasteiger partial charge in [0.25, 0.3) is 0 Å². The van der Waals surface area contributed by atoms with Crippen molar-refractivity contribution in [3.8, 4) is 5.75 Å². The van der Waals surface area contributed by atoms with Gasteiger partial charge in [-0.25, -0.2) is 4.98 Å². The van der Waals surface area contributed by atoms with E-state index in [9.17, 15) is 4.79 Å². The van der Waals surface area contributed by atoms with Crippen molar-refractivity contribution in [1.82, 2.24) is 9.88 Å². The van der Waals surface area contributed by atoms with Gasteiger partial charge in [-0.1, -0.05) is 19.1 Å². The Morgan fingerprint density at radius 3 is 2.96 bits per heavy atom. The van der Waals surface area contributed by atoms with Crippen LogP contribution in [-0.2, 0) is 17.9 Å². The molecule has 0 N–H and O–H groups in total. The number of aryl methyl sites for hydroxylation is 1. The topological polar surface area (TPSA) is 42.4 Å². The fourth-order valence-corrected chi connectivity index (χ4v) is 3.22. The first-order chi connectivity index (χ1) is 11.2. The summed E-state index contributed by atoms with van der Waals surface area (Å²) < 4.78 is 5.79. The van der Waals surface area contributed by atoms with Gasteiger partial charge in [-0.05, 0) is 37.5 Å². The van der Waals surface area contributed by atoms with Gasteiger partial charge in [0.05, 0.1) is 12.2 Å². The number of thiazole rings is 1. The standard InChI is InChI=1S/C18H22N2O2S/c1-3-18(21)20(15-7-8-15)10-14-12-23-17(19-14)11-22-16-6-4-5-13(2)9-16/h4-6,9,12,15H,3,7-8,10-11H2,1-2H3. The third-order valence-electron chi connectivity index (χ3n) is 3.89. The van der Waals surface area contributed by atoms with Gasteiger partial charge in [0.2, 0.25) is 5.91 Å². The molecule has 2 aromatic rings. The van der Waals surface area contributed by atoms with Crippen LogP contribution < -0.4 is 4.74 Å². The van der Waals surface area contributed by atoms with Crippen molar-refractivity contribution >= 4 is 17.2 Å². The Balaban J connectivity index is 1.58. The molecule has 1 amide bonds. The molecule has 122 valence electrons. The minimum absolute atomic E-state index is 0.220. The maximum atomic E-state index is 12.0. The largest absolute Gasteiger partial charge is 0.486 e. The maximum Gasteiger partial charge on any atom is 0.222 e. The summed E-state index contributed by atoms with van der Waals surface area (Å²) in [5.74, 6) is 1.08. The summed E-state index contributed by atoms with van der Waals surface area (Å²) in [7, 11) is 0. The van der Waals surface area contributed by atoms with E-state index in [1.807, 2.05) is 48.4 Å². The summed E-state index contributed by atoms with van der Waals surface area (Å²) in [5.41, 5.74) is 2.15. The Kier molecular flexibility index (Phi) is 4.96. The molecule has 23 heavy (non-hydrogen) atoms. The lowest BCUT2D eigenvalue weighted by atomic mass is 10.2. The van der Waals surface area contributed by atoms with Crippen LogP contribution in [-0.4, -0.2) is 21.8 Å². The second-order valence-corrected chi connectivity index (χ2v) is 6.89. The highest BCUT2D eigenvalue weighted by Crippen LogP contribution is 2.29. The normalized spacial score (nSPS) is 13.8. The van der Waals surface area contributed by atoms with Gasteiger partial charge in [-0.15, -0.1) is 11.3 Å². The Labute approximate surface area is 141 Å². The van der Waals surface area contributed by atoms with E-state index in [0.717, 1.165) is 29.3 Å². The molecule has 1 heterocycles. The van der Waals surface area contributed by atoms with Crippen molar-refractivity contribution in [2.24, 2.45) is 0 Å². The molecule has 0 bridgehead atoms. The highest BCUT2D eigenvalue weighted by molar-refractivity contribution is 7.09. The molecule has 1 fully saturated rings. The first-order valence-corrected chi connectivity index (χ1v) is 8.96. The molecule has 0 unspecified atom stereocenters.